The van der Waals surface area contributed by atoms with Gasteiger partial charge < -0.3 is 5.11 Å². The van der Waals surface area contributed by atoms with E-state index in [2.05, 4.69) is 10.1 Å². The van der Waals surface area contributed by atoms with Gasteiger partial charge in [0.15, 0.2) is 5.65 Å². The third-order valence-electron chi connectivity index (χ3n) is 1.88. The molecule has 2 rings (SSSR count). The highest BCUT2D eigenvalue weighted by Crippen LogP contribution is 2.15. The molecule has 14 heavy (non-hydrogen) atoms. The fourth-order valence-electron chi connectivity index (χ4n) is 1.20. The molecular weight excluding hydrogens is 180 g/mol. The van der Waals surface area contributed by atoms with Crippen molar-refractivity contribution in [2.24, 2.45) is 0 Å². The van der Waals surface area contributed by atoms with Gasteiger partial charge in [-0.05, 0) is 6.07 Å². The third kappa shape index (κ3) is 1.43. The van der Waals surface area contributed by atoms with Crippen molar-refractivity contribution in [1.82, 2.24) is 14.6 Å². The lowest BCUT2D eigenvalue weighted by atomic mass is 10.2. The number of nitrogens with zero attached hydrogens (tertiary/aromatic N) is 4. The van der Waals surface area contributed by atoms with Crippen molar-refractivity contribution in [2.75, 3.05) is 0 Å². The summed E-state index contributed by atoms with van der Waals surface area (Å²) in [6, 6.07) is 5.31. The van der Waals surface area contributed by atoms with Crippen molar-refractivity contribution in [2.45, 2.75) is 12.5 Å². The molecule has 5 nitrogen and oxygen atoms in total. The van der Waals surface area contributed by atoms with Crippen molar-refractivity contribution < 1.29 is 5.11 Å². The first-order valence-corrected chi connectivity index (χ1v) is 4.16. The number of hydrogen-bond donors (Lipinski definition) is 1. The van der Waals surface area contributed by atoms with Crippen molar-refractivity contribution in [3.8, 4) is 6.07 Å². The summed E-state index contributed by atoms with van der Waals surface area (Å²) in [6.45, 7) is 0. The van der Waals surface area contributed by atoms with E-state index in [0.717, 1.165) is 0 Å². The van der Waals surface area contributed by atoms with E-state index in [9.17, 15) is 5.11 Å². The molecule has 1 unspecified atom stereocenters. The lowest BCUT2D eigenvalue weighted by Crippen LogP contribution is -1.97. The summed E-state index contributed by atoms with van der Waals surface area (Å²) < 4.78 is 1.57. The van der Waals surface area contributed by atoms with Crippen LogP contribution in [-0.4, -0.2) is 19.7 Å². The van der Waals surface area contributed by atoms with Gasteiger partial charge in [0.1, 0.15) is 6.10 Å². The predicted octanol–water partition coefficient (Wildman–Crippen LogP) is 0.676. The second-order valence-electron chi connectivity index (χ2n) is 2.87. The van der Waals surface area contributed by atoms with Crippen LogP contribution in [0.2, 0.25) is 0 Å². The van der Waals surface area contributed by atoms with Crippen LogP contribution in [0.15, 0.2) is 24.5 Å². The summed E-state index contributed by atoms with van der Waals surface area (Å²) in [6.07, 6.45) is 2.61. The van der Waals surface area contributed by atoms with Crippen LogP contribution in [0.25, 0.3) is 5.65 Å². The lowest BCUT2D eigenvalue weighted by molar-refractivity contribution is 0.178. The standard InChI is InChI=1S/C9H8N4O/c10-3-2-8(14)7-6-9-11-4-1-5-13(9)12-7/h1,4-6,8,14H,2H2. The number of aliphatic hydroxyl groups excluding tert-OH is 1. The Morgan fingerprint density at radius 3 is 3.21 bits per heavy atom. The van der Waals surface area contributed by atoms with Gasteiger partial charge in [0.05, 0.1) is 18.2 Å². The van der Waals surface area contributed by atoms with Gasteiger partial charge in [0.25, 0.3) is 0 Å². The van der Waals surface area contributed by atoms with Crippen LogP contribution in [0.4, 0.5) is 0 Å². The monoisotopic (exact) mass is 188 g/mol. The summed E-state index contributed by atoms with van der Waals surface area (Å²) in [5.74, 6) is 0. The minimum Gasteiger partial charge on any atom is -0.386 e. The first-order chi connectivity index (χ1) is 6.81. The van der Waals surface area contributed by atoms with E-state index in [1.54, 1.807) is 29.0 Å². The highest BCUT2D eigenvalue weighted by Gasteiger charge is 2.11. The van der Waals surface area contributed by atoms with Crippen molar-refractivity contribution >= 4 is 5.65 Å². The smallest absolute Gasteiger partial charge is 0.155 e. The van der Waals surface area contributed by atoms with Crippen molar-refractivity contribution in [1.29, 1.82) is 5.26 Å². The summed E-state index contributed by atoms with van der Waals surface area (Å²) in [5, 5.41) is 22.0. The molecule has 0 bridgehead atoms. The Labute approximate surface area is 80.2 Å². The highest BCUT2D eigenvalue weighted by molar-refractivity contribution is 5.38. The zero-order chi connectivity index (χ0) is 9.97. The molecule has 2 aromatic heterocycles. The van der Waals surface area contributed by atoms with E-state index < -0.39 is 6.10 Å². The zero-order valence-corrected chi connectivity index (χ0v) is 7.33. The van der Waals surface area contributed by atoms with E-state index in [-0.39, 0.29) is 6.42 Å². The molecular formula is C9H8N4O. The average Bonchev–Trinajstić information content (AvgIpc) is 2.61. The van der Waals surface area contributed by atoms with E-state index in [0.29, 0.717) is 11.3 Å². The molecule has 0 aliphatic rings. The van der Waals surface area contributed by atoms with Gasteiger partial charge in [-0.15, -0.1) is 0 Å². The largest absolute Gasteiger partial charge is 0.386 e. The minimum atomic E-state index is -0.832. The molecule has 5 heteroatoms. The van der Waals surface area contributed by atoms with Crippen molar-refractivity contribution in [3.63, 3.8) is 0 Å². The molecule has 0 aliphatic carbocycles. The number of hydrogen-bond acceptors (Lipinski definition) is 4. The normalized spacial score (nSPS) is 12.6. The van der Waals surface area contributed by atoms with Gasteiger partial charge in [0, 0.05) is 18.5 Å². The summed E-state index contributed by atoms with van der Waals surface area (Å²) >= 11 is 0. The number of rotatable bonds is 2. The molecule has 0 radical (unpaired) electrons. The Hall–Kier alpha value is -1.93. The van der Waals surface area contributed by atoms with Crippen LogP contribution in [0, 0.1) is 11.3 Å². The van der Waals surface area contributed by atoms with Gasteiger partial charge in [0.2, 0.25) is 0 Å². The number of aliphatic hydroxyl groups is 1. The average molecular weight is 188 g/mol. The van der Waals surface area contributed by atoms with Crippen molar-refractivity contribution in [3.05, 3.63) is 30.2 Å². The lowest BCUT2D eigenvalue weighted by Gasteiger charge is -1.98. The Morgan fingerprint density at radius 2 is 2.50 bits per heavy atom. The molecule has 0 saturated heterocycles. The molecule has 0 fully saturated rings. The molecule has 1 N–H and O–H groups in total. The number of aromatic nitrogens is 3. The quantitative estimate of drug-likeness (QED) is 0.751. The fraction of sp³-hybridized carbons (Fsp3) is 0.222. The third-order valence-corrected chi connectivity index (χ3v) is 1.88. The minimum absolute atomic E-state index is 0.0455. The Balaban J connectivity index is 2.41. The Morgan fingerprint density at radius 1 is 1.64 bits per heavy atom. The second kappa shape index (κ2) is 3.44. The van der Waals surface area contributed by atoms with Crippen LogP contribution in [0.3, 0.4) is 0 Å². The van der Waals surface area contributed by atoms with Crippen LogP contribution in [-0.2, 0) is 0 Å². The topological polar surface area (TPSA) is 74.2 Å². The molecule has 0 spiro atoms. The SMILES string of the molecule is N#CCC(O)c1cc2ncccn2n1. The van der Waals surface area contributed by atoms with E-state index in [4.69, 9.17) is 5.26 Å². The van der Waals surface area contributed by atoms with E-state index in [1.165, 1.54) is 0 Å². The van der Waals surface area contributed by atoms with Crippen LogP contribution < -0.4 is 0 Å². The maximum Gasteiger partial charge on any atom is 0.155 e. The predicted molar refractivity (Wildman–Crippen MR) is 48.2 cm³/mol. The Kier molecular flexibility index (Phi) is 2.13. The molecule has 0 aromatic carbocycles. The molecule has 2 aromatic rings. The fourth-order valence-corrected chi connectivity index (χ4v) is 1.20. The molecule has 0 saturated carbocycles. The van der Waals surface area contributed by atoms with Gasteiger partial charge in [-0.3, -0.25) is 0 Å². The molecule has 0 amide bonds. The van der Waals surface area contributed by atoms with E-state index >= 15 is 0 Å². The van der Waals surface area contributed by atoms with E-state index in [1.807, 2.05) is 6.07 Å². The van der Waals surface area contributed by atoms with Crippen LogP contribution in [0.5, 0.6) is 0 Å². The zero-order valence-electron chi connectivity index (χ0n) is 7.33. The maximum atomic E-state index is 9.50. The van der Waals surface area contributed by atoms with Crippen LogP contribution >= 0.6 is 0 Å². The summed E-state index contributed by atoms with van der Waals surface area (Å²) in [5.41, 5.74) is 1.14. The second-order valence-corrected chi connectivity index (χ2v) is 2.87. The highest BCUT2D eigenvalue weighted by atomic mass is 16.3. The van der Waals surface area contributed by atoms with Gasteiger partial charge in [-0.2, -0.15) is 10.4 Å². The van der Waals surface area contributed by atoms with Gasteiger partial charge in [-0.1, -0.05) is 0 Å². The van der Waals surface area contributed by atoms with Gasteiger partial charge >= 0.3 is 0 Å². The molecule has 0 aliphatic heterocycles. The number of nitriles is 1. The first-order valence-electron chi connectivity index (χ1n) is 4.16. The molecule has 1 atom stereocenters. The Bertz CT molecular complexity index is 452. The maximum absolute atomic E-state index is 9.50. The molecule has 70 valence electrons. The first kappa shape index (κ1) is 8.66. The van der Waals surface area contributed by atoms with Crippen LogP contribution in [0.1, 0.15) is 18.2 Å². The summed E-state index contributed by atoms with van der Waals surface area (Å²) in [7, 11) is 0. The number of fused-ring (bicyclic) bond motifs is 1. The molecule has 2 heterocycles. The summed E-state index contributed by atoms with van der Waals surface area (Å²) in [4.78, 5) is 4.05. The van der Waals surface area contributed by atoms with Gasteiger partial charge in [-0.25, -0.2) is 9.50 Å².